The molecule has 1 aliphatic rings. The van der Waals surface area contributed by atoms with Gasteiger partial charge in [0.1, 0.15) is 0 Å². The Morgan fingerprint density at radius 2 is 1.81 bits per heavy atom. The molecule has 1 atom stereocenters. The molecule has 21 heavy (non-hydrogen) atoms. The van der Waals surface area contributed by atoms with Crippen molar-refractivity contribution in [3.05, 3.63) is 40.8 Å². The Morgan fingerprint density at radius 3 is 2.43 bits per heavy atom. The molecule has 0 saturated heterocycles. The van der Waals surface area contributed by atoms with Crippen LogP contribution in [0.25, 0.3) is 0 Å². The summed E-state index contributed by atoms with van der Waals surface area (Å²) in [5, 5.41) is 2.39. The van der Waals surface area contributed by atoms with Gasteiger partial charge in [-0.3, -0.25) is 9.59 Å². The van der Waals surface area contributed by atoms with Crippen molar-refractivity contribution in [1.82, 2.24) is 0 Å². The van der Waals surface area contributed by atoms with Crippen molar-refractivity contribution in [3.63, 3.8) is 0 Å². The van der Waals surface area contributed by atoms with E-state index < -0.39 is 17.8 Å². The largest absolute Gasteiger partial charge is 0.465 e. The third-order valence-corrected chi connectivity index (χ3v) is 3.89. The van der Waals surface area contributed by atoms with Gasteiger partial charge in [-0.15, -0.1) is 4.91 Å². The minimum absolute atomic E-state index is 0.314. The third-order valence-electron chi connectivity index (χ3n) is 3.89. The summed E-state index contributed by atoms with van der Waals surface area (Å²) in [6.45, 7) is 0.314. The van der Waals surface area contributed by atoms with Crippen LogP contribution in [0.1, 0.15) is 43.6 Å². The zero-order valence-corrected chi connectivity index (χ0v) is 11.9. The molecular formula is C16H19NO4. The van der Waals surface area contributed by atoms with Crippen LogP contribution in [0.4, 0.5) is 0 Å². The summed E-state index contributed by atoms with van der Waals surface area (Å²) in [5.41, 5.74) is 0.441. The first kappa shape index (κ1) is 15.4. The monoisotopic (exact) mass is 289 g/mol. The van der Waals surface area contributed by atoms with Gasteiger partial charge in [0.05, 0.1) is 6.61 Å². The van der Waals surface area contributed by atoms with E-state index in [1.807, 2.05) is 0 Å². The average Bonchev–Trinajstić information content (AvgIpc) is 2.55. The van der Waals surface area contributed by atoms with E-state index >= 15 is 0 Å². The van der Waals surface area contributed by atoms with E-state index in [0.29, 0.717) is 18.1 Å². The number of ether oxygens (including phenoxy) is 1. The van der Waals surface area contributed by atoms with Gasteiger partial charge in [0.25, 0.3) is 0 Å². The van der Waals surface area contributed by atoms with Crippen LogP contribution in [0.2, 0.25) is 0 Å². The molecule has 5 heteroatoms. The maximum absolute atomic E-state index is 12.1. The van der Waals surface area contributed by atoms with Gasteiger partial charge in [-0.1, -0.05) is 49.6 Å². The van der Waals surface area contributed by atoms with Gasteiger partial charge in [-0.25, -0.2) is 0 Å². The molecule has 1 saturated carbocycles. The summed E-state index contributed by atoms with van der Waals surface area (Å²) in [5.74, 6) is -2.57. The van der Waals surface area contributed by atoms with Gasteiger partial charge in [-0.2, -0.15) is 0 Å². The second-order valence-electron chi connectivity index (χ2n) is 5.41. The molecule has 0 radical (unpaired) electrons. The first-order valence-electron chi connectivity index (χ1n) is 7.31. The number of benzene rings is 1. The molecule has 1 aromatic carbocycles. The van der Waals surface area contributed by atoms with Crippen LogP contribution in [-0.4, -0.2) is 18.5 Å². The number of nitroso groups, excluding NO2 is 1. The molecule has 1 fully saturated rings. The van der Waals surface area contributed by atoms with Gasteiger partial charge in [-0.05, 0) is 24.3 Å². The summed E-state index contributed by atoms with van der Waals surface area (Å²) in [4.78, 5) is 34.3. The molecule has 0 aromatic heterocycles. The number of carbonyl (C=O) groups is 2. The highest BCUT2D eigenvalue weighted by Gasteiger charge is 2.31. The van der Waals surface area contributed by atoms with Crippen molar-refractivity contribution in [2.45, 2.75) is 38.0 Å². The quantitative estimate of drug-likeness (QED) is 0.474. The number of rotatable bonds is 5. The number of esters is 1. The molecular weight excluding hydrogens is 270 g/mol. The fourth-order valence-electron chi connectivity index (χ4n) is 2.71. The lowest BCUT2D eigenvalue weighted by Crippen LogP contribution is -2.25. The first-order valence-corrected chi connectivity index (χ1v) is 7.31. The zero-order chi connectivity index (χ0) is 15.1. The molecule has 0 bridgehead atoms. The minimum atomic E-state index is -1.24. The van der Waals surface area contributed by atoms with E-state index in [1.54, 1.807) is 30.3 Å². The maximum atomic E-state index is 12.1. The minimum Gasteiger partial charge on any atom is -0.465 e. The number of hydrogen-bond donors (Lipinski definition) is 0. The van der Waals surface area contributed by atoms with E-state index in [2.05, 4.69) is 5.18 Å². The molecule has 1 unspecified atom stereocenters. The number of nitrogens with zero attached hydrogens (tertiary/aromatic N) is 1. The Balaban J connectivity index is 2.01. The van der Waals surface area contributed by atoms with Crippen LogP contribution >= 0.6 is 0 Å². The van der Waals surface area contributed by atoms with E-state index in [-0.39, 0.29) is 0 Å². The van der Waals surface area contributed by atoms with E-state index in [0.717, 1.165) is 25.7 Å². The Labute approximate surface area is 123 Å². The summed E-state index contributed by atoms with van der Waals surface area (Å²) < 4.78 is 5.26. The summed E-state index contributed by atoms with van der Waals surface area (Å²) in [7, 11) is 0. The van der Waals surface area contributed by atoms with Gasteiger partial charge < -0.3 is 4.74 Å². The molecule has 1 amide bonds. The lowest BCUT2D eigenvalue weighted by molar-refractivity contribution is -0.149. The van der Waals surface area contributed by atoms with Crippen LogP contribution in [0.15, 0.2) is 35.5 Å². The van der Waals surface area contributed by atoms with Crippen molar-refractivity contribution < 1.29 is 14.3 Å². The Hall–Kier alpha value is -2.04. The molecule has 1 aliphatic carbocycles. The van der Waals surface area contributed by atoms with Crippen molar-refractivity contribution >= 4 is 11.9 Å². The predicted octanol–water partition coefficient (Wildman–Crippen LogP) is 3.19. The average molecular weight is 289 g/mol. The molecule has 0 aliphatic heterocycles. The van der Waals surface area contributed by atoms with E-state index in [1.165, 1.54) is 6.42 Å². The standard InChI is InChI=1S/C16H19NO4/c18-15(17-20)14(13-9-5-2-6-10-13)16(19)21-11-12-7-3-1-4-8-12/h2,5-6,9-10,12,14H,1,3-4,7-8,11H2. The Bertz CT molecular complexity index is 494. The Morgan fingerprint density at radius 1 is 1.14 bits per heavy atom. The number of hydrogen-bond acceptors (Lipinski definition) is 4. The predicted molar refractivity (Wildman–Crippen MR) is 77.5 cm³/mol. The maximum Gasteiger partial charge on any atom is 0.323 e. The molecule has 112 valence electrons. The molecule has 5 nitrogen and oxygen atoms in total. The van der Waals surface area contributed by atoms with Gasteiger partial charge in [0, 0.05) is 5.18 Å². The van der Waals surface area contributed by atoms with E-state index in [9.17, 15) is 14.5 Å². The highest BCUT2D eigenvalue weighted by atomic mass is 16.5. The van der Waals surface area contributed by atoms with Gasteiger partial charge in [0.2, 0.25) is 0 Å². The smallest absolute Gasteiger partial charge is 0.323 e. The lowest BCUT2D eigenvalue weighted by Gasteiger charge is -2.22. The molecule has 0 heterocycles. The van der Waals surface area contributed by atoms with Crippen LogP contribution in [0.5, 0.6) is 0 Å². The molecule has 0 spiro atoms. The number of carbonyl (C=O) groups excluding carboxylic acids is 2. The number of amides is 1. The fourth-order valence-corrected chi connectivity index (χ4v) is 2.71. The molecule has 0 N–H and O–H groups in total. The summed E-state index contributed by atoms with van der Waals surface area (Å²) in [6, 6.07) is 8.42. The first-order chi connectivity index (χ1) is 10.2. The van der Waals surface area contributed by atoms with Crippen molar-refractivity contribution in [3.8, 4) is 0 Å². The van der Waals surface area contributed by atoms with Crippen LogP contribution in [0.3, 0.4) is 0 Å². The zero-order valence-electron chi connectivity index (χ0n) is 11.9. The normalized spacial score (nSPS) is 17.0. The second kappa shape index (κ2) is 7.67. The van der Waals surface area contributed by atoms with Crippen molar-refractivity contribution in [2.75, 3.05) is 6.61 Å². The SMILES string of the molecule is O=NC(=O)C(C(=O)OCC1CCCCC1)c1ccccc1. The van der Waals surface area contributed by atoms with Crippen molar-refractivity contribution in [1.29, 1.82) is 0 Å². The topological polar surface area (TPSA) is 72.8 Å². The highest BCUT2D eigenvalue weighted by molar-refractivity contribution is 6.03. The molecule has 1 aromatic rings. The fraction of sp³-hybridized carbons (Fsp3) is 0.500. The van der Waals surface area contributed by atoms with Crippen LogP contribution in [-0.2, 0) is 14.3 Å². The van der Waals surface area contributed by atoms with Crippen LogP contribution < -0.4 is 0 Å². The summed E-state index contributed by atoms with van der Waals surface area (Å²) in [6.07, 6.45) is 5.62. The highest BCUT2D eigenvalue weighted by Crippen LogP contribution is 2.25. The molecule has 2 rings (SSSR count). The lowest BCUT2D eigenvalue weighted by atomic mass is 9.90. The van der Waals surface area contributed by atoms with E-state index in [4.69, 9.17) is 4.74 Å². The third kappa shape index (κ3) is 4.21. The van der Waals surface area contributed by atoms with Crippen molar-refractivity contribution in [2.24, 2.45) is 11.1 Å². The van der Waals surface area contributed by atoms with Gasteiger partial charge >= 0.3 is 11.9 Å². The summed E-state index contributed by atoms with van der Waals surface area (Å²) >= 11 is 0. The van der Waals surface area contributed by atoms with Gasteiger partial charge in [0.15, 0.2) is 5.92 Å². The second-order valence-corrected chi connectivity index (χ2v) is 5.41. The van der Waals surface area contributed by atoms with Crippen LogP contribution in [0, 0.1) is 10.8 Å². The Kier molecular flexibility index (Phi) is 5.60.